The zero-order valence-corrected chi connectivity index (χ0v) is 21.6. The maximum Gasteiger partial charge on any atom is 0.262 e. The summed E-state index contributed by atoms with van der Waals surface area (Å²) in [7, 11) is 0. The molecule has 0 aliphatic heterocycles. The molecular weight excluding hydrogens is 514 g/mol. The topological polar surface area (TPSA) is 129 Å². The van der Waals surface area contributed by atoms with E-state index in [1.54, 1.807) is 12.3 Å². The third-order valence-electron chi connectivity index (χ3n) is 6.36. The Kier molecular flexibility index (Phi) is 6.34. The Morgan fingerprint density at radius 3 is 2.59 bits per heavy atom. The van der Waals surface area contributed by atoms with Gasteiger partial charge in [0.15, 0.2) is 5.65 Å². The molecule has 10 heteroatoms. The molecule has 0 saturated carbocycles. The lowest BCUT2D eigenvalue weighted by atomic mass is 10.0. The van der Waals surface area contributed by atoms with Gasteiger partial charge in [-0.1, -0.05) is 48.0 Å². The van der Waals surface area contributed by atoms with Crippen molar-refractivity contribution in [3.05, 3.63) is 105 Å². The number of H-pyrrole nitrogens is 2. The molecule has 0 radical (unpaired) electrons. The monoisotopic (exact) mass is 535 g/mol. The molecule has 0 atom stereocenters. The fraction of sp³-hybridized carbons (Fsp3) is 0.103. The van der Waals surface area contributed by atoms with Gasteiger partial charge in [-0.3, -0.25) is 19.7 Å². The number of amides is 1. The predicted molar refractivity (Wildman–Crippen MR) is 151 cm³/mol. The van der Waals surface area contributed by atoms with Crippen LogP contribution >= 0.6 is 11.6 Å². The van der Waals surface area contributed by atoms with Crippen molar-refractivity contribution in [2.24, 2.45) is 0 Å². The molecule has 2 aromatic carbocycles. The second-order valence-corrected chi connectivity index (χ2v) is 9.51. The molecule has 192 valence electrons. The molecule has 0 aliphatic rings. The van der Waals surface area contributed by atoms with Crippen LogP contribution in [0.2, 0.25) is 5.02 Å². The van der Waals surface area contributed by atoms with Crippen LogP contribution in [0.3, 0.4) is 0 Å². The molecule has 4 heterocycles. The fourth-order valence-corrected chi connectivity index (χ4v) is 4.74. The largest absolute Gasteiger partial charge is 0.351 e. The molecule has 0 bridgehead atoms. The normalized spacial score (nSPS) is 11.2. The lowest BCUT2D eigenvalue weighted by molar-refractivity contribution is 0.0952. The number of carbonyl (C=O) groups is 1. The minimum Gasteiger partial charge on any atom is -0.351 e. The maximum atomic E-state index is 12.9. The number of fused-ring (bicyclic) bond motifs is 2. The van der Waals surface area contributed by atoms with E-state index in [4.69, 9.17) is 21.6 Å². The highest BCUT2D eigenvalue weighted by atomic mass is 35.5. The summed E-state index contributed by atoms with van der Waals surface area (Å²) in [5.41, 5.74) is 5.22. The van der Waals surface area contributed by atoms with Crippen molar-refractivity contribution in [3.8, 4) is 22.5 Å². The van der Waals surface area contributed by atoms with Crippen molar-refractivity contribution in [3.63, 3.8) is 0 Å². The van der Waals surface area contributed by atoms with E-state index in [1.165, 1.54) is 6.07 Å². The Balaban J connectivity index is 1.40. The average molecular weight is 536 g/mol. The van der Waals surface area contributed by atoms with Crippen LogP contribution in [-0.2, 0) is 6.42 Å². The van der Waals surface area contributed by atoms with Gasteiger partial charge in [-0.05, 0) is 37.3 Å². The van der Waals surface area contributed by atoms with Crippen LogP contribution in [0.4, 0.5) is 0 Å². The number of halogens is 1. The zero-order chi connectivity index (χ0) is 26.9. The van der Waals surface area contributed by atoms with Gasteiger partial charge in [0, 0.05) is 40.9 Å². The van der Waals surface area contributed by atoms with E-state index in [9.17, 15) is 9.59 Å². The van der Waals surface area contributed by atoms with Crippen molar-refractivity contribution in [2.75, 3.05) is 6.54 Å². The highest BCUT2D eigenvalue weighted by molar-refractivity contribution is 6.35. The molecule has 9 nitrogen and oxygen atoms in total. The molecule has 4 aromatic heterocycles. The number of benzene rings is 2. The number of rotatable bonds is 6. The van der Waals surface area contributed by atoms with Crippen LogP contribution in [0.25, 0.3) is 44.6 Å². The number of nitrogens with one attached hydrogen (secondary N) is 3. The van der Waals surface area contributed by atoms with E-state index >= 15 is 0 Å². The average Bonchev–Trinajstić information content (AvgIpc) is 3.42. The van der Waals surface area contributed by atoms with E-state index in [2.05, 4.69) is 25.5 Å². The Hall–Kier alpha value is -4.89. The molecule has 0 fully saturated rings. The Labute approximate surface area is 227 Å². The lowest BCUT2D eigenvalue weighted by Gasteiger charge is -2.12. The second kappa shape index (κ2) is 10.1. The highest BCUT2D eigenvalue weighted by Gasteiger charge is 2.19. The third kappa shape index (κ3) is 4.87. The molecule has 3 N–H and O–H groups in total. The van der Waals surface area contributed by atoms with E-state index in [0.717, 1.165) is 33.4 Å². The quantitative estimate of drug-likeness (QED) is 0.279. The number of pyridine rings is 2. The molecule has 39 heavy (non-hydrogen) atoms. The predicted octanol–water partition coefficient (Wildman–Crippen LogP) is 4.86. The number of aromatic nitrogens is 6. The molecule has 0 saturated heterocycles. The second-order valence-electron chi connectivity index (χ2n) is 9.10. The fourth-order valence-electron chi connectivity index (χ4n) is 4.47. The molecule has 0 unspecified atom stereocenters. The van der Waals surface area contributed by atoms with Gasteiger partial charge in [0.05, 0.1) is 28.1 Å². The Morgan fingerprint density at radius 1 is 0.949 bits per heavy atom. The summed E-state index contributed by atoms with van der Waals surface area (Å²) in [6.07, 6.45) is 2.23. The van der Waals surface area contributed by atoms with Crippen LogP contribution in [0.1, 0.15) is 21.7 Å². The van der Waals surface area contributed by atoms with Gasteiger partial charge in [-0.2, -0.15) is 5.10 Å². The van der Waals surface area contributed by atoms with Crippen molar-refractivity contribution < 1.29 is 4.79 Å². The Bertz CT molecular complexity index is 1910. The summed E-state index contributed by atoms with van der Waals surface area (Å²) < 4.78 is 0. The van der Waals surface area contributed by atoms with Gasteiger partial charge in [-0.25, -0.2) is 9.97 Å². The summed E-state index contributed by atoms with van der Waals surface area (Å²) in [5, 5.41) is 11.1. The summed E-state index contributed by atoms with van der Waals surface area (Å²) >= 11 is 6.53. The van der Waals surface area contributed by atoms with Gasteiger partial charge in [-0.15, -0.1) is 0 Å². The van der Waals surface area contributed by atoms with E-state index in [-0.39, 0.29) is 11.2 Å². The zero-order valence-electron chi connectivity index (χ0n) is 20.8. The highest BCUT2D eigenvalue weighted by Crippen LogP contribution is 2.34. The number of hydrogen-bond donors (Lipinski definition) is 3. The number of carbonyl (C=O) groups excluding carboxylic acids is 1. The molecular formula is C29H22ClN7O2. The van der Waals surface area contributed by atoms with Gasteiger partial charge in [0.25, 0.3) is 11.5 Å². The van der Waals surface area contributed by atoms with Gasteiger partial charge >= 0.3 is 0 Å². The van der Waals surface area contributed by atoms with Crippen molar-refractivity contribution in [1.29, 1.82) is 0 Å². The van der Waals surface area contributed by atoms with Crippen LogP contribution in [0.5, 0.6) is 0 Å². The smallest absolute Gasteiger partial charge is 0.262 e. The van der Waals surface area contributed by atoms with Crippen LogP contribution < -0.4 is 10.9 Å². The number of aryl methyl sites for hydroxylation is 1. The first kappa shape index (κ1) is 24.4. The lowest BCUT2D eigenvalue weighted by Crippen LogP contribution is -2.31. The number of aromatic amines is 2. The minimum absolute atomic E-state index is 0.0456. The van der Waals surface area contributed by atoms with E-state index in [0.29, 0.717) is 34.9 Å². The standard InChI is InChI=1S/C29H22ClN7O2/c1-16-6-5-9-20(33-16)10-11-31-28(38)21-14-23-27(36-29(21)39)35-25(17-7-3-2-4-8-17)26(34-23)18-12-19-15-32-37-24(19)22(30)13-18/h2-9,12-15H,10-11H2,1H3,(H,31,38)(H,32,37)(H,35,36,39). The third-order valence-corrected chi connectivity index (χ3v) is 6.66. The van der Waals surface area contributed by atoms with E-state index in [1.807, 2.05) is 61.5 Å². The number of nitrogens with zero attached hydrogens (tertiary/aromatic N) is 4. The van der Waals surface area contributed by atoms with Crippen molar-refractivity contribution in [1.82, 2.24) is 35.5 Å². The summed E-state index contributed by atoms with van der Waals surface area (Å²) in [5.74, 6) is -0.496. The van der Waals surface area contributed by atoms with Crippen LogP contribution in [0, 0.1) is 6.92 Å². The first-order valence-electron chi connectivity index (χ1n) is 12.3. The van der Waals surface area contributed by atoms with Gasteiger partial charge in [0.2, 0.25) is 0 Å². The van der Waals surface area contributed by atoms with Crippen LogP contribution in [0.15, 0.2) is 77.7 Å². The SMILES string of the molecule is Cc1cccc(CCNC(=O)c2cc3nc(-c4cc(Cl)c5[nH]ncc5c4)c(-c4ccccc4)nc3[nH]c2=O)n1. The number of hydrogen-bond acceptors (Lipinski definition) is 6. The summed E-state index contributed by atoms with van der Waals surface area (Å²) in [4.78, 5) is 42.6. The van der Waals surface area contributed by atoms with Crippen molar-refractivity contribution in [2.45, 2.75) is 13.3 Å². The molecule has 0 spiro atoms. The van der Waals surface area contributed by atoms with Gasteiger partial charge in [0.1, 0.15) is 11.1 Å². The molecule has 0 aliphatic carbocycles. The summed E-state index contributed by atoms with van der Waals surface area (Å²) in [6.45, 7) is 2.25. The summed E-state index contributed by atoms with van der Waals surface area (Å²) in [6, 6.07) is 20.5. The van der Waals surface area contributed by atoms with Crippen LogP contribution in [-0.4, -0.2) is 42.6 Å². The first-order valence-corrected chi connectivity index (χ1v) is 12.7. The molecule has 6 aromatic rings. The van der Waals surface area contributed by atoms with E-state index < -0.39 is 11.5 Å². The maximum absolute atomic E-state index is 12.9. The molecule has 1 amide bonds. The molecule has 6 rings (SSSR count). The van der Waals surface area contributed by atoms with Gasteiger partial charge < -0.3 is 10.3 Å². The minimum atomic E-state index is -0.544. The van der Waals surface area contributed by atoms with Crippen molar-refractivity contribution >= 4 is 39.6 Å². The first-order chi connectivity index (χ1) is 19.0. The Morgan fingerprint density at radius 2 is 1.77 bits per heavy atom.